The zero-order chi connectivity index (χ0) is 32.1. The summed E-state index contributed by atoms with van der Waals surface area (Å²) in [5.74, 6) is 0.944. The van der Waals surface area contributed by atoms with Crippen molar-refractivity contribution in [2.75, 3.05) is 11.9 Å². The third-order valence-electron chi connectivity index (χ3n) is 8.30. The van der Waals surface area contributed by atoms with Gasteiger partial charge in [-0.1, -0.05) is 107 Å². The van der Waals surface area contributed by atoms with E-state index in [1.165, 1.54) is 0 Å². The largest absolute Gasteiger partial charge is 0.322 e. The number of carbonyl (C=O) groups excluding carboxylic acids is 1. The summed E-state index contributed by atoms with van der Waals surface area (Å²) in [6.07, 6.45) is 1.19. The monoisotopic (exact) mass is 620 g/mol. The fourth-order valence-corrected chi connectivity index (χ4v) is 6.05. The Labute approximate surface area is 270 Å². The van der Waals surface area contributed by atoms with Crippen molar-refractivity contribution in [3.63, 3.8) is 0 Å². The third-order valence-corrected chi connectivity index (χ3v) is 8.55. The number of carbonyl (C=O) groups is 1. The van der Waals surface area contributed by atoms with Crippen molar-refractivity contribution >= 4 is 34.2 Å². The molecule has 4 aromatic carbocycles. The third kappa shape index (κ3) is 6.97. The average Bonchev–Trinajstić information content (AvgIpc) is 3.04. The summed E-state index contributed by atoms with van der Waals surface area (Å²) in [5.41, 5.74) is 5.21. The molecule has 1 aromatic heterocycles. The Morgan fingerprint density at radius 1 is 0.844 bits per heavy atom. The van der Waals surface area contributed by atoms with Crippen molar-refractivity contribution < 1.29 is 4.79 Å². The van der Waals surface area contributed by atoms with Crippen LogP contribution in [0.5, 0.6) is 0 Å². The predicted octanol–water partition coefficient (Wildman–Crippen LogP) is 9.51. The second-order valence-corrected chi connectivity index (χ2v) is 12.4. The number of benzene rings is 4. The SMILES string of the molecule is CCC(c1nc2ccccc2c(=O)n1-c1ccc(Cl)cc1)N(CCc1ccccc1)C(=O)Nc1c(C(C)C)cccc1C(C)C. The number of fused-ring (bicyclic) bond motifs is 1. The predicted molar refractivity (Wildman–Crippen MR) is 186 cm³/mol. The Hall–Kier alpha value is -4.42. The highest BCUT2D eigenvalue weighted by atomic mass is 35.5. The second-order valence-electron chi connectivity index (χ2n) is 12.0. The molecule has 45 heavy (non-hydrogen) atoms. The van der Waals surface area contributed by atoms with E-state index in [0.29, 0.717) is 46.8 Å². The maximum Gasteiger partial charge on any atom is 0.322 e. The Morgan fingerprint density at radius 2 is 1.47 bits per heavy atom. The number of aromatic nitrogens is 2. The van der Waals surface area contributed by atoms with Gasteiger partial charge in [-0.2, -0.15) is 0 Å². The standard InChI is InChI=1S/C38H41ClN4O2/c1-6-34(36-40-33-18-11-10-15-32(33)37(44)43(36)29-21-19-28(39)20-22-29)42(24-23-27-13-8-7-9-14-27)38(45)41-35-30(25(2)3)16-12-17-31(35)26(4)5/h7-22,25-26,34H,6,23-24H2,1-5H3,(H,41,45). The van der Waals surface area contributed by atoms with Crippen LogP contribution >= 0.6 is 11.6 Å². The van der Waals surface area contributed by atoms with Crippen LogP contribution in [0.3, 0.4) is 0 Å². The number of hydrogen-bond donors (Lipinski definition) is 1. The van der Waals surface area contributed by atoms with E-state index < -0.39 is 6.04 Å². The maximum atomic E-state index is 14.6. The molecule has 0 spiro atoms. The highest BCUT2D eigenvalue weighted by Gasteiger charge is 2.30. The fraction of sp³-hybridized carbons (Fsp3) is 0.289. The molecule has 6 nitrogen and oxygen atoms in total. The molecular formula is C38H41ClN4O2. The summed E-state index contributed by atoms with van der Waals surface area (Å²) < 4.78 is 1.64. The Morgan fingerprint density at radius 3 is 2.09 bits per heavy atom. The Kier molecular flexibility index (Phi) is 10.0. The first-order valence-electron chi connectivity index (χ1n) is 15.7. The van der Waals surface area contributed by atoms with E-state index in [-0.39, 0.29) is 23.4 Å². The highest BCUT2D eigenvalue weighted by molar-refractivity contribution is 6.30. The van der Waals surface area contributed by atoms with E-state index in [9.17, 15) is 9.59 Å². The lowest BCUT2D eigenvalue weighted by atomic mass is 9.92. The first kappa shape index (κ1) is 32.0. The van der Waals surface area contributed by atoms with Crippen LogP contribution in [-0.2, 0) is 6.42 Å². The molecule has 1 atom stereocenters. The van der Waals surface area contributed by atoms with Crippen molar-refractivity contribution in [2.24, 2.45) is 0 Å². The molecular weight excluding hydrogens is 580 g/mol. The van der Waals surface area contributed by atoms with Crippen molar-refractivity contribution in [1.82, 2.24) is 14.5 Å². The fourth-order valence-electron chi connectivity index (χ4n) is 5.92. The van der Waals surface area contributed by atoms with Gasteiger partial charge in [0.1, 0.15) is 5.82 Å². The molecule has 0 fully saturated rings. The van der Waals surface area contributed by atoms with Gasteiger partial charge in [0.15, 0.2) is 0 Å². The summed E-state index contributed by atoms with van der Waals surface area (Å²) in [5, 5.41) is 4.42. The topological polar surface area (TPSA) is 67.2 Å². The van der Waals surface area contributed by atoms with Crippen LogP contribution in [-0.4, -0.2) is 27.0 Å². The van der Waals surface area contributed by atoms with Crippen molar-refractivity contribution in [3.05, 3.63) is 135 Å². The number of rotatable bonds is 10. The van der Waals surface area contributed by atoms with Gasteiger partial charge < -0.3 is 10.2 Å². The first-order valence-corrected chi connectivity index (χ1v) is 16.1. The molecule has 7 heteroatoms. The molecule has 5 aromatic rings. The smallest absolute Gasteiger partial charge is 0.314 e. The number of hydrogen-bond acceptors (Lipinski definition) is 3. The zero-order valence-electron chi connectivity index (χ0n) is 26.6. The van der Waals surface area contributed by atoms with Crippen molar-refractivity contribution in [1.29, 1.82) is 0 Å². The van der Waals surface area contributed by atoms with E-state index in [1.54, 1.807) is 22.8 Å². The van der Waals surface area contributed by atoms with Crippen LogP contribution in [0, 0.1) is 0 Å². The molecule has 2 amide bonds. The molecule has 0 aliphatic carbocycles. The zero-order valence-corrected chi connectivity index (χ0v) is 27.4. The van der Waals surface area contributed by atoms with Gasteiger partial charge >= 0.3 is 6.03 Å². The highest BCUT2D eigenvalue weighted by Crippen LogP contribution is 2.34. The molecule has 0 aliphatic heterocycles. The molecule has 0 radical (unpaired) electrons. The van der Waals surface area contributed by atoms with Gasteiger partial charge in [0.2, 0.25) is 0 Å². The van der Waals surface area contributed by atoms with Crippen molar-refractivity contribution in [3.8, 4) is 5.69 Å². The normalized spacial score (nSPS) is 12.1. The van der Waals surface area contributed by atoms with E-state index >= 15 is 0 Å². The summed E-state index contributed by atoms with van der Waals surface area (Å²) >= 11 is 6.24. The lowest BCUT2D eigenvalue weighted by Crippen LogP contribution is -2.42. The van der Waals surface area contributed by atoms with Gasteiger partial charge in [-0.15, -0.1) is 0 Å². The average molecular weight is 621 g/mol. The van der Waals surface area contributed by atoms with Gasteiger partial charge in [0, 0.05) is 17.3 Å². The maximum absolute atomic E-state index is 14.6. The van der Waals surface area contributed by atoms with Gasteiger partial charge in [-0.25, -0.2) is 9.78 Å². The van der Waals surface area contributed by atoms with Gasteiger partial charge in [0.05, 0.1) is 22.6 Å². The molecule has 1 heterocycles. The number of halogens is 1. The summed E-state index contributed by atoms with van der Waals surface area (Å²) in [6, 6.07) is 30.2. The van der Waals surface area contributed by atoms with E-state index in [4.69, 9.17) is 16.6 Å². The molecule has 0 saturated carbocycles. The van der Waals surface area contributed by atoms with Crippen LogP contribution in [0.1, 0.15) is 81.4 Å². The second kappa shape index (κ2) is 14.1. The molecule has 0 aliphatic rings. The van der Waals surface area contributed by atoms with Crippen LogP contribution in [0.25, 0.3) is 16.6 Å². The minimum absolute atomic E-state index is 0.188. The van der Waals surface area contributed by atoms with Crippen molar-refractivity contribution in [2.45, 2.75) is 65.3 Å². The lowest BCUT2D eigenvalue weighted by molar-refractivity contribution is 0.182. The van der Waals surface area contributed by atoms with Crippen LogP contribution in [0.4, 0.5) is 10.5 Å². The summed E-state index contributed by atoms with van der Waals surface area (Å²) in [6.45, 7) is 11.0. The van der Waals surface area contributed by atoms with E-state index in [1.807, 2.05) is 60.4 Å². The number of amides is 2. The molecule has 1 unspecified atom stereocenters. The molecule has 0 bridgehead atoms. The number of urea groups is 1. The van der Waals surface area contributed by atoms with Gasteiger partial charge in [-0.05, 0) is 77.8 Å². The quantitative estimate of drug-likeness (QED) is 0.169. The van der Waals surface area contributed by atoms with Crippen LogP contribution in [0.15, 0.2) is 102 Å². The molecule has 5 rings (SSSR count). The first-order chi connectivity index (χ1) is 21.7. The summed E-state index contributed by atoms with van der Waals surface area (Å²) in [4.78, 5) is 35.6. The minimum Gasteiger partial charge on any atom is -0.314 e. The number of nitrogens with zero attached hydrogens (tertiary/aromatic N) is 3. The van der Waals surface area contributed by atoms with Gasteiger partial charge in [-0.3, -0.25) is 9.36 Å². The van der Waals surface area contributed by atoms with Crippen LogP contribution < -0.4 is 10.9 Å². The van der Waals surface area contributed by atoms with E-state index in [0.717, 1.165) is 22.4 Å². The Bertz CT molecular complexity index is 1810. The van der Waals surface area contributed by atoms with E-state index in [2.05, 4.69) is 63.3 Å². The van der Waals surface area contributed by atoms with Crippen LogP contribution in [0.2, 0.25) is 5.02 Å². The number of anilines is 1. The minimum atomic E-state index is -0.504. The molecule has 0 saturated heterocycles. The van der Waals surface area contributed by atoms with Gasteiger partial charge in [0.25, 0.3) is 5.56 Å². The Balaban J connectivity index is 1.67. The lowest BCUT2D eigenvalue weighted by Gasteiger charge is -2.33. The summed E-state index contributed by atoms with van der Waals surface area (Å²) in [7, 11) is 0. The number of para-hydroxylation sites is 2. The number of nitrogens with one attached hydrogen (secondary N) is 1. The molecule has 232 valence electrons. The molecule has 1 N–H and O–H groups in total.